The Balaban J connectivity index is 1.75. The first-order valence-electron chi connectivity index (χ1n) is 9.77. The van der Waals surface area contributed by atoms with Crippen molar-refractivity contribution in [2.75, 3.05) is 23.3 Å². The summed E-state index contributed by atoms with van der Waals surface area (Å²) in [6.45, 7) is 3.10. The number of benzene rings is 1. The highest BCUT2D eigenvalue weighted by Crippen LogP contribution is 2.64. The summed E-state index contributed by atoms with van der Waals surface area (Å²) in [7, 11) is 0. The lowest BCUT2D eigenvalue weighted by Crippen LogP contribution is -2.35. The molecule has 1 amide bonds. The molecule has 1 aromatic carbocycles. The van der Waals surface area contributed by atoms with Crippen molar-refractivity contribution in [3.63, 3.8) is 0 Å². The quantitative estimate of drug-likeness (QED) is 0.420. The van der Waals surface area contributed by atoms with Gasteiger partial charge in [0.15, 0.2) is 0 Å². The van der Waals surface area contributed by atoms with Gasteiger partial charge in [-0.05, 0) is 38.1 Å². The number of aromatic nitrogens is 1. The van der Waals surface area contributed by atoms with Gasteiger partial charge in [-0.1, -0.05) is 11.6 Å². The van der Waals surface area contributed by atoms with Gasteiger partial charge in [-0.3, -0.25) is 9.78 Å². The molecule has 1 N–H and O–H groups in total. The van der Waals surface area contributed by atoms with Crippen LogP contribution in [-0.2, 0) is 6.18 Å². The Morgan fingerprint density at radius 2 is 2.03 bits per heavy atom. The number of thioether (sulfide) groups is 1. The van der Waals surface area contributed by atoms with Crippen LogP contribution < -0.4 is 10.2 Å². The van der Waals surface area contributed by atoms with E-state index < -0.39 is 45.0 Å². The van der Waals surface area contributed by atoms with E-state index in [9.17, 15) is 26.7 Å². The first-order valence-corrected chi connectivity index (χ1v) is 11.0. The summed E-state index contributed by atoms with van der Waals surface area (Å²) >= 11 is 6.99. The molecule has 0 bridgehead atoms. The number of halogens is 6. The van der Waals surface area contributed by atoms with E-state index in [2.05, 4.69) is 10.3 Å². The van der Waals surface area contributed by atoms with Crippen LogP contribution in [0.15, 0.2) is 30.5 Å². The fourth-order valence-electron chi connectivity index (χ4n) is 3.87. The number of amides is 1. The number of fused-ring (bicyclic) bond motifs is 1. The minimum Gasteiger partial charge on any atom is -0.369 e. The Morgan fingerprint density at radius 1 is 1.31 bits per heavy atom. The minimum absolute atomic E-state index is 0.0717. The van der Waals surface area contributed by atoms with Crippen LogP contribution in [0.3, 0.4) is 0 Å². The minimum atomic E-state index is -4.76. The second-order valence-corrected chi connectivity index (χ2v) is 10.2. The molecule has 0 spiro atoms. The van der Waals surface area contributed by atoms with Gasteiger partial charge in [-0.15, -0.1) is 11.8 Å². The maximum atomic E-state index is 14.6. The molecular formula is C21H19ClF5N3OS. The standard InChI is InChI=1S/C21H19ClF5N3OS/c1-11-7-12(3-5-28-11)29-18(31)13-8-15(22)14(21(25,26)27)9-16(13)30-6-4-20(23,24)19(2)17(10-30)32-19/h3,5,7-9,17H,4,6,10H2,1-2H3,(H,28,29,31)/t17?,19-/m0/s1. The molecule has 1 aromatic heterocycles. The van der Waals surface area contributed by atoms with E-state index in [0.717, 1.165) is 23.9 Å². The summed E-state index contributed by atoms with van der Waals surface area (Å²) in [6.07, 6.45) is -3.81. The predicted octanol–water partition coefficient (Wildman–Crippen LogP) is 6.03. The highest BCUT2D eigenvalue weighted by Gasteiger charge is 2.68. The number of carbonyl (C=O) groups is 1. The number of nitrogens with one attached hydrogen (secondary N) is 1. The SMILES string of the molecule is Cc1cc(NC(=O)c2cc(Cl)c(C(F)(F)F)cc2N2CCC(F)(F)[C@@]3(C)SC3C2)ccn1. The second-order valence-electron chi connectivity index (χ2n) is 8.10. The number of anilines is 2. The molecule has 32 heavy (non-hydrogen) atoms. The molecule has 4 nitrogen and oxygen atoms in total. The van der Waals surface area contributed by atoms with Crippen molar-refractivity contribution >= 4 is 40.6 Å². The van der Waals surface area contributed by atoms with Crippen LogP contribution in [0.4, 0.5) is 33.3 Å². The molecule has 2 aliphatic heterocycles. The second kappa shape index (κ2) is 7.76. The van der Waals surface area contributed by atoms with Crippen LogP contribution in [0.1, 0.15) is 35.0 Å². The summed E-state index contributed by atoms with van der Waals surface area (Å²) in [6, 6.07) is 4.87. The van der Waals surface area contributed by atoms with Gasteiger partial charge in [-0.2, -0.15) is 13.2 Å². The van der Waals surface area contributed by atoms with Crippen molar-refractivity contribution in [2.24, 2.45) is 0 Å². The molecule has 0 radical (unpaired) electrons. The Hall–Kier alpha value is -2.07. The molecule has 2 aromatic rings. The van der Waals surface area contributed by atoms with Crippen LogP contribution in [0.25, 0.3) is 0 Å². The van der Waals surface area contributed by atoms with Gasteiger partial charge in [0.1, 0.15) is 0 Å². The predicted molar refractivity (Wildman–Crippen MR) is 115 cm³/mol. The van der Waals surface area contributed by atoms with Crippen LogP contribution in [0.5, 0.6) is 0 Å². The summed E-state index contributed by atoms with van der Waals surface area (Å²) in [5, 5.41) is 1.54. The summed E-state index contributed by atoms with van der Waals surface area (Å²) in [5.41, 5.74) is -0.272. The van der Waals surface area contributed by atoms with Gasteiger partial charge in [0.25, 0.3) is 11.8 Å². The highest BCUT2D eigenvalue weighted by atomic mass is 35.5. The third-order valence-corrected chi connectivity index (χ3v) is 7.92. The van der Waals surface area contributed by atoms with Gasteiger partial charge in [-0.25, -0.2) is 8.78 Å². The Labute approximate surface area is 190 Å². The van der Waals surface area contributed by atoms with Crippen molar-refractivity contribution < 1.29 is 26.7 Å². The van der Waals surface area contributed by atoms with Gasteiger partial charge < -0.3 is 10.2 Å². The van der Waals surface area contributed by atoms with E-state index >= 15 is 0 Å². The number of aryl methyl sites for hydroxylation is 1. The average molecular weight is 492 g/mol. The van der Waals surface area contributed by atoms with Crippen molar-refractivity contribution in [3.05, 3.63) is 52.3 Å². The molecule has 0 aliphatic carbocycles. The lowest BCUT2D eigenvalue weighted by Gasteiger charge is -2.28. The zero-order valence-electron chi connectivity index (χ0n) is 17.1. The average Bonchev–Trinajstić information content (AvgIpc) is 3.36. The molecule has 2 aliphatic rings. The fraction of sp³-hybridized carbons (Fsp3) is 0.429. The summed E-state index contributed by atoms with van der Waals surface area (Å²) in [4.78, 5) is 18.5. The number of carbonyl (C=O) groups excluding carboxylic acids is 1. The molecule has 172 valence electrons. The van der Waals surface area contributed by atoms with E-state index in [4.69, 9.17) is 11.6 Å². The molecule has 4 rings (SSSR count). The zero-order valence-corrected chi connectivity index (χ0v) is 18.6. The van der Waals surface area contributed by atoms with Gasteiger partial charge in [0, 0.05) is 42.3 Å². The Morgan fingerprint density at radius 3 is 2.69 bits per heavy atom. The van der Waals surface area contributed by atoms with Crippen LogP contribution in [0.2, 0.25) is 5.02 Å². The summed E-state index contributed by atoms with van der Waals surface area (Å²) in [5.74, 6) is -3.66. The number of hydrogen-bond acceptors (Lipinski definition) is 4. The first kappa shape index (κ1) is 23.1. The van der Waals surface area contributed by atoms with Crippen molar-refractivity contribution in [3.8, 4) is 0 Å². The zero-order chi connectivity index (χ0) is 23.5. The Bertz CT molecular complexity index is 1080. The molecule has 2 saturated heterocycles. The van der Waals surface area contributed by atoms with Crippen LogP contribution >= 0.6 is 23.4 Å². The van der Waals surface area contributed by atoms with Gasteiger partial charge in [0.05, 0.1) is 26.6 Å². The molecule has 1 unspecified atom stereocenters. The van der Waals surface area contributed by atoms with Crippen molar-refractivity contribution in [2.45, 2.75) is 42.4 Å². The topological polar surface area (TPSA) is 45.2 Å². The van der Waals surface area contributed by atoms with E-state index in [0.29, 0.717) is 11.4 Å². The van der Waals surface area contributed by atoms with E-state index in [1.54, 1.807) is 13.0 Å². The maximum absolute atomic E-state index is 14.6. The van der Waals surface area contributed by atoms with Crippen LogP contribution in [-0.4, -0.2) is 39.9 Å². The third kappa shape index (κ3) is 4.14. The molecular weight excluding hydrogens is 473 g/mol. The van der Waals surface area contributed by atoms with E-state index in [1.165, 1.54) is 24.1 Å². The normalized spacial score (nSPS) is 24.5. The molecule has 2 fully saturated rings. The lowest BCUT2D eigenvalue weighted by atomic mass is 9.99. The monoisotopic (exact) mass is 491 g/mol. The third-order valence-electron chi connectivity index (χ3n) is 5.88. The van der Waals surface area contributed by atoms with Crippen molar-refractivity contribution in [1.29, 1.82) is 0 Å². The van der Waals surface area contributed by atoms with Gasteiger partial charge in [0.2, 0.25) is 0 Å². The molecule has 3 heterocycles. The number of rotatable bonds is 3. The fourth-order valence-corrected chi connectivity index (χ4v) is 5.44. The van der Waals surface area contributed by atoms with Crippen molar-refractivity contribution in [1.82, 2.24) is 4.98 Å². The molecule has 2 atom stereocenters. The number of nitrogens with zero attached hydrogens (tertiary/aromatic N) is 2. The number of alkyl halides is 5. The van der Waals surface area contributed by atoms with E-state index in [1.807, 2.05) is 0 Å². The smallest absolute Gasteiger partial charge is 0.369 e. The molecule has 11 heteroatoms. The number of pyridine rings is 1. The first-order chi connectivity index (χ1) is 14.8. The highest BCUT2D eigenvalue weighted by molar-refractivity contribution is 8.08. The number of hydrogen-bond donors (Lipinski definition) is 1. The Kier molecular flexibility index (Phi) is 5.60. The van der Waals surface area contributed by atoms with Crippen LogP contribution in [0, 0.1) is 6.92 Å². The lowest BCUT2D eigenvalue weighted by molar-refractivity contribution is -0.137. The maximum Gasteiger partial charge on any atom is 0.417 e. The molecule has 0 saturated carbocycles. The van der Waals surface area contributed by atoms with Gasteiger partial charge >= 0.3 is 6.18 Å². The van der Waals surface area contributed by atoms with E-state index in [-0.39, 0.29) is 24.3 Å². The largest absolute Gasteiger partial charge is 0.417 e. The summed E-state index contributed by atoms with van der Waals surface area (Å²) < 4.78 is 68.5.